The molecular weight excluding hydrogens is 404 g/mol. The largest absolute Gasteiger partial charge is 0.489 e. The third kappa shape index (κ3) is 6.24. The molecule has 1 N–H and O–H groups in total. The molecule has 1 unspecified atom stereocenters. The molecule has 1 atom stereocenters. The van der Waals surface area contributed by atoms with E-state index < -0.39 is 6.10 Å². The van der Waals surface area contributed by atoms with E-state index in [1.165, 1.54) is 12.1 Å². The van der Waals surface area contributed by atoms with Crippen LogP contribution in [-0.2, 0) is 13.1 Å². The lowest BCUT2D eigenvalue weighted by atomic mass is 10.2. The minimum absolute atomic E-state index is 0.0689. The highest BCUT2D eigenvalue weighted by Crippen LogP contribution is 2.27. The van der Waals surface area contributed by atoms with E-state index in [1.807, 2.05) is 17.0 Å². The van der Waals surface area contributed by atoms with E-state index in [-0.39, 0.29) is 12.4 Å². The van der Waals surface area contributed by atoms with Crippen molar-refractivity contribution < 1.29 is 18.7 Å². The van der Waals surface area contributed by atoms with Crippen molar-refractivity contribution in [3.05, 3.63) is 88.0 Å². The van der Waals surface area contributed by atoms with Crippen molar-refractivity contribution >= 4 is 23.2 Å². The van der Waals surface area contributed by atoms with Gasteiger partial charge in [0.15, 0.2) is 0 Å². The summed E-state index contributed by atoms with van der Waals surface area (Å²) in [6, 6.07) is 14.9. The first-order valence-electron chi connectivity index (χ1n) is 8.74. The first-order valence-corrected chi connectivity index (χ1v) is 9.50. The van der Waals surface area contributed by atoms with Crippen molar-refractivity contribution in [3.8, 4) is 5.75 Å². The van der Waals surface area contributed by atoms with Crippen LogP contribution in [0, 0.1) is 5.82 Å². The topological polar surface area (TPSA) is 45.8 Å². The second-order valence-electron chi connectivity index (χ2n) is 6.42. The second-order valence-corrected chi connectivity index (χ2v) is 7.26. The maximum atomic E-state index is 13.2. The zero-order chi connectivity index (χ0) is 19.9. The van der Waals surface area contributed by atoms with E-state index in [9.17, 15) is 9.50 Å². The second kappa shape index (κ2) is 9.94. The molecule has 0 radical (unpaired) electrons. The standard InChI is InChI=1S/C21H20Cl2FNO3/c22-16-5-8-21(20(23)10-16)28-14-18(26)12-25(13-19-2-1-9-27-19)11-15-3-6-17(24)7-4-15/h1-10,18,26H,11-14H2. The number of nitrogens with zero attached hydrogens (tertiary/aromatic N) is 1. The molecule has 0 aliphatic rings. The van der Waals surface area contributed by atoms with E-state index in [0.29, 0.717) is 35.4 Å². The van der Waals surface area contributed by atoms with Gasteiger partial charge in [0.05, 0.1) is 17.8 Å². The molecule has 0 fully saturated rings. The van der Waals surface area contributed by atoms with Gasteiger partial charge >= 0.3 is 0 Å². The van der Waals surface area contributed by atoms with Crippen LogP contribution in [0.4, 0.5) is 4.39 Å². The Bertz CT molecular complexity index is 872. The predicted molar refractivity (Wildman–Crippen MR) is 107 cm³/mol. The quantitative estimate of drug-likeness (QED) is 0.515. The summed E-state index contributed by atoms with van der Waals surface area (Å²) < 4.78 is 24.2. The zero-order valence-electron chi connectivity index (χ0n) is 15.0. The van der Waals surface area contributed by atoms with Gasteiger partial charge in [-0.15, -0.1) is 0 Å². The molecular formula is C21H20Cl2FNO3. The fourth-order valence-corrected chi connectivity index (χ4v) is 3.25. The van der Waals surface area contributed by atoms with Crippen LogP contribution in [0.1, 0.15) is 11.3 Å². The number of halogens is 3. The van der Waals surface area contributed by atoms with Gasteiger partial charge in [-0.1, -0.05) is 35.3 Å². The predicted octanol–water partition coefficient (Wildman–Crippen LogP) is 5.17. The number of furan rings is 1. The number of ether oxygens (including phenoxy) is 1. The van der Waals surface area contributed by atoms with Gasteiger partial charge < -0.3 is 14.3 Å². The summed E-state index contributed by atoms with van der Waals surface area (Å²) in [6.45, 7) is 1.44. The normalized spacial score (nSPS) is 12.3. The molecule has 0 aliphatic carbocycles. The average Bonchev–Trinajstić information content (AvgIpc) is 3.16. The highest BCUT2D eigenvalue weighted by atomic mass is 35.5. The summed E-state index contributed by atoms with van der Waals surface area (Å²) in [6.07, 6.45) is 0.843. The number of aliphatic hydroxyl groups excluding tert-OH is 1. The molecule has 0 bridgehead atoms. The minimum Gasteiger partial charge on any atom is -0.489 e. The molecule has 0 spiro atoms. The highest BCUT2D eigenvalue weighted by molar-refractivity contribution is 6.35. The van der Waals surface area contributed by atoms with Gasteiger partial charge in [0.2, 0.25) is 0 Å². The van der Waals surface area contributed by atoms with Gasteiger partial charge in [-0.3, -0.25) is 4.90 Å². The summed E-state index contributed by atoms with van der Waals surface area (Å²) >= 11 is 12.0. The molecule has 4 nitrogen and oxygen atoms in total. The molecule has 0 aliphatic heterocycles. The third-order valence-electron chi connectivity index (χ3n) is 4.07. The molecule has 3 rings (SSSR count). The van der Waals surface area contributed by atoms with Gasteiger partial charge in [0.1, 0.15) is 30.0 Å². The first-order chi connectivity index (χ1) is 13.5. The van der Waals surface area contributed by atoms with E-state index in [1.54, 1.807) is 36.6 Å². The molecule has 2 aromatic carbocycles. The smallest absolute Gasteiger partial charge is 0.138 e. The lowest BCUT2D eigenvalue weighted by molar-refractivity contribution is 0.0605. The van der Waals surface area contributed by atoms with Crippen molar-refractivity contribution in [2.45, 2.75) is 19.2 Å². The molecule has 0 saturated carbocycles. The molecule has 0 saturated heterocycles. The van der Waals surface area contributed by atoms with Crippen LogP contribution >= 0.6 is 23.2 Å². The molecule has 1 aromatic heterocycles. The van der Waals surface area contributed by atoms with Gasteiger partial charge in [-0.2, -0.15) is 0 Å². The zero-order valence-corrected chi connectivity index (χ0v) is 16.5. The maximum absolute atomic E-state index is 13.2. The lowest BCUT2D eigenvalue weighted by Crippen LogP contribution is -2.35. The number of rotatable bonds is 9. The minimum atomic E-state index is -0.762. The van der Waals surface area contributed by atoms with Crippen LogP contribution in [0.25, 0.3) is 0 Å². The molecule has 7 heteroatoms. The van der Waals surface area contributed by atoms with Crippen molar-refractivity contribution in [3.63, 3.8) is 0 Å². The van der Waals surface area contributed by atoms with Crippen molar-refractivity contribution in [1.29, 1.82) is 0 Å². The summed E-state index contributed by atoms with van der Waals surface area (Å²) in [7, 11) is 0. The van der Waals surface area contributed by atoms with Crippen molar-refractivity contribution in [2.75, 3.05) is 13.2 Å². The molecule has 28 heavy (non-hydrogen) atoms. The average molecular weight is 424 g/mol. The molecule has 0 amide bonds. The van der Waals surface area contributed by atoms with E-state index in [4.69, 9.17) is 32.4 Å². The Morgan fingerprint density at radius 3 is 2.54 bits per heavy atom. The lowest BCUT2D eigenvalue weighted by Gasteiger charge is -2.24. The van der Waals surface area contributed by atoms with Gasteiger partial charge in [0.25, 0.3) is 0 Å². The molecule has 3 aromatic rings. The van der Waals surface area contributed by atoms with Gasteiger partial charge in [0, 0.05) is 18.1 Å². The van der Waals surface area contributed by atoms with E-state index in [0.717, 1.165) is 11.3 Å². The number of hydrogen-bond donors (Lipinski definition) is 1. The fourth-order valence-electron chi connectivity index (χ4n) is 2.78. The van der Waals surface area contributed by atoms with Crippen LogP contribution in [0.15, 0.2) is 65.3 Å². The Morgan fingerprint density at radius 2 is 1.86 bits per heavy atom. The molecule has 148 valence electrons. The Kier molecular flexibility index (Phi) is 7.34. The van der Waals surface area contributed by atoms with Crippen LogP contribution in [0.3, 0.4) is 0 Å². The third-order valence-corrected chi connectivity index (χ3v) is 4.60. The Labute approximate surface area is 173 Å². The number of aliphatic hydroxyl groups is 1. The van der Waals surface area contributed by atoms with Crippen molar-refractivity contribution in [1.82, 2.24) is 4.90 Å². The Morgan fingerprint density at radius 1 is 1.07 bits per heavy atom. The van der Waals surface area contributed by atoms with Crippen LogP contribution in [-0.4, -0.2) is 29.3 Å². The summed E-state index contributed by atoms with van der Waals surface area (Å²) in [4.78, 5) is 2.00. The Balaban J connectivity index is 1.61. The summed E-state index contributed by atoms with van der Waals surface area (Å²) in [5, 5.41) is 11.4. The summed E-state index contributed by atoms with van der Waals surface area (Å²) in [5.41, 5.74) is 0.932. The molecule has 1 heterocycles. The van der Waals surface area contributed by atoms with Crippen molar-refractivity contribution in [2.24, 2.45) is 0 Å². The maximum Gasteiger partial charge on any atom is 0.138 e. The van der Waals surface area contributed by atoms with Gasteiger partial charge in [-0.25, -0.2) is 4.39 Å². The summed E-state index contributed by atoms with van der Waals surface area (Å²) in [5.74, 6) is 0.951. The van der Waals surface area contributed by atoms with Crippen LogP contribution in [0.2, 0.25) is 10.0 Å². The van der Waals surface area contributed by atoms with E-state index >= 15 is 0 Å². The van der Waals surface area contributed by atoms with Gasteiger partial charge in [-0.05, 0) is 48.0 Å². The highest BCUT2D eigenvalue weighted by Gasteiger charge is 2.16. The van der Waals surface area contributed by atoms with Crippen LogP contribution < -0.4 is 4.74 Å². The van der Waals surface area contributed by atoms with E-state index in [2.05, 4.69) is 0 Å². The number of benzene rings is 2. The SMILES string of the molecule is OC(COc1ccc(Cl)cc1Cl)CN(Cc1ccc(F)cc1)Cc1ccco1. The Hall–Kier alpha value is -2.05. The first kappa shape index (κ1) is 20.7. The number of hydrogen-bond acceptors (Lipinski definition) is 4. The fraction of sp³-hybridized carbons (Fsp3) is 0.238. The monoisotopic (exact) mass is 423 g/mol. The van der Waals surface area contributed by atoms with Crippen LogP contribution in [0.5, 0.6) is 5.75 Å².